The smallest absolute Gasteiger partial charge is 0.414 e. The van der Waals surface area contributed by atoms with Crippen molar-refractivity contribution < 1.29 is 14.3 Å². The van der Waals surface area contributed by atoms with Crippen LogP contribution in [0.5, 0.6) is 0 Å². The predicted molar refractivity (Wildman–Crippen MR) is 96.5 cm³/mol. The number of allylic oxidation sites excluding steroid dienone is 2. The van der Waals surface area contributed by atoms with Gasteiger partial charge in [0.1, 0.15) is 10.9 Å². The van der Waals surface area contributed by atoms with Gasteiger partial charge in [0.15, 0.2) is 0 Å². The lowest BCUT2D eigenvalue weighted by atomic mass is 9.98. The van der Waals surface area contributed by atoms with Crippen LogP contribution in [0.25, 0.3) is 0 Å². The van der Waals surface area contributed by atoms with E-state index in [4.69, 9.17) is 22.1 Å². The number of amides is 2. The fourth-order valence-electron chi connectivity index (χ4n) is 2.69. The minimum Gasteiger partial charge on any atom is -0.415 e. The number of primary amides is 1. The van der Waals surface area contributed by atoms with Gasteiger partial charge in [0.25, 0.3) is 5.91 Å². The quantitative estimate of drug-likeness (QED) is 0.616. The van der Waals surface area contributed by atoms with E-state index in [-0.39, 0.29) is 17.2 Å². The summed E-state index contributed by atoms with van der Waals surface area (Å²) < 4.78 is 5.26. The molecular weight excluding hydrogens is 344 g/mol. The molecule has 136 valence electrons. The van der Waals surface area contributed by atoms with Crippen molar-refractivity contribution in [3.63, 3.8) is 0 Å². The van der Waals surface area contributed by atoms with Gasteiger partial charge in [-0.15, -0.1) is 0 Å². The summed E-state index contributed by atoms with van der Waals surface area (Å²) in [6.07, 6.45) is 4.65. The molecule has 0 aromatic carbocycles. The zero-order chi connectivity index (χ0) is 18.4. The number of ether oxygens (including phenoxy) is 1. The topological polar surface area (TPSA) is 97.6 Å². The number of carbonyl (C=O) groups is 2. The second-order valence-corrected chi connectivity index (χ2v) is 6.41. The minimum absolute atomic E-state index is 0.236. The highest BCUT2D eigenvalue weighted by atomic mass is 35.5. The monoisotopic (exact) mass is 366 g/mol. The first kappa shape index (κ1) is 19.1. The van der Waals surface area contributed by atoms with Crippen LogP contribution in [-0.4, -0.2) is 41.5 Å². The average Bonchev–Trinajstić information content (AvgIpc) is 2.59. The molecule has 1 atom stereocenters. The van der Waals surface area contributed by atoms with Crippen LogP contribution in [0.4, 0.5) is 10.5 Å². The fourth-order valence-corrected chi connectivity index (χ4v) is 2.84. The number of aromatic nitrogens is 1. The number of hydrogen-bond donors (Lipinski definition) is 2. The Hall–Kier alpha value is -2.28. The number of rotatable bonds is 5. The summed E-state index contributed by atoms with van der Waals surface area (Å²) in [5.41, 5.74) is 6.20. The number of pyridine rings is 1. The summed E-state index contributed by atoms with van der Waals surface area (Å²) in [4.78, 5) is 29.2. The van der Waals surface area contributed by atoms with E-state index in [1.807, 2.05) is 6.92 Å². The van der Waals surface area contributed by atoms with Gasteiger partial charge >= 0.3 is 6.09 Å². The summed E-state index contributed by atoms with van der Waals surface area (Å²) in [7, 11) is 0. The van der Waals surface area contributed by atoms with E-state index < -0.39 is 5.91 Å². The third kappa shape index (κ3) is 5.35. The van der Waals surface area contributed by atoms with Crippen LogP contribution < -0.4 is 11.1 Å². The normalized spacial score (nSPS) is 18.0. The Bertz CT molecular complexity index is 678. The van der Waals surface area contributed by atoms with Gasteiger partial charge in [-0.25, -0.2) is 9.78 Å². The highest BCUT2D eigenvalue weighted by Gasteiger charge is 2.25. The third-order valence-corrected chi connectivity index (χ3v) is 4.36. The molecule has 2 rings (SSSR count). The summed E-state index contributed by atoms with van der Waals surface area (Å²) in [5.74, 6) is 0.255. The molecule has 0 bridgehead atoms. The van der Waals surface area contributed by atoms with Crippen LogP contribution in [0.3, 0.4) is 0 Å². The molecule has 1 unspecified atom stereocenters. The molecule has 3 N–H and O–H groups in total. The maximum atomic E-state index is 12.1. The third-order valence-electron chi connectivity index (χ3n) is 4.15. The van der Waals surface area contributed by atoms with Crippen molar-refractivity contribution in [3.8, 4) is 0 Å². The molecule has 1 aromatic rings. The zero-order valence-electron chi connectivity index (χ0n) is 14.4. The van der Waals surface area contributed by atoms with Crippen molar-refractivity contribution in [2.45, 2.75) is 26.7 Å². The number of nitrogens with one attached hydrogen (secondary N) is 1. The number of nitrogens with two attached hydrogens (primary N) is 1. The van der Waals surface area contributed by atoms with Gasteiger partial charge < -0.3 is 20.7 Å². The first-order valence-electron chi connectivity index (χ1n) is 8.19. The van der Waals surface area contributed by atoms with Gasteiger partial charge in [-0.2, -0.15) is 0 Å². The van der Waals surface area contributed by atoms with Crippen molar-refractivity contribution in [3.05, 3.63) is 34.8 Å². The number of piperidine rings is 1. The first-order valence-corrected chi connectivity index (χ1v) is 8.57. The lowest BCUT2D eigenvalue weighted by molar-refractivity contribution is 0.100. The standard InChI is InChI=1S/C17H23ClN4O3/c1-3-11(2)25-17(24)22-6-4-5-12(10-22)8-20-14-7-15(18)21-9-13(14)16(19)23/h3,7,9,12H,4-6,8,10H2,1-2H3,(H2,19,23)(H,20,21)/b11-3+. The number of halogens is 1. The van der Waals surface area contributed by atoms with E-state index in [0.29, 0.717) is 36.6 Å². The largest absolute Gasteiger partial charge is 0.415 e. The number of hydrogen-bond acceptors (Lipinski definition) is 5. The highest BCUT2D eigenvalue weighted by Crippen LogP contribution is 2.22. The molecule has 1 fully saturated rings. The Labute approximate surface area is 152 Å². The SMILES string of the molecule is C/C=C(\C)OC(=O)N1CCCC(CNc2cc(Cl)ncc2C(N)=O)C1. The molecule has 2 amide bonds. The second-order valence-electron chi connectivity index (χ2n) is 6.02. The maximum Gasteiger partial charge on any atom is 0.414 e. The van der Waals surface area contributed by atoms with Gasteiger partial charge in [0.05, 0.1) is 11.3 Å². The summed E-state index contributed by atoms with van der Waals surface area (Å²) in [5, 5.41) is 3.48. The Morgan fingerprint density at radius 2 is 2.32 bits per heavy atom. The van der Waals surface area contributed by atoms with Crippen molar-refractivity contribution in [2.24, 2.45) is 11.7 Å². The molecule has 0 saturated carbocycles. The van der Waals surface area contributed by atoms with Crippen LogP contribution >= 0.6 is 11.6 Å². The average molecular weight is 367 g/mol. The van der Waals surface area contributed by atoms with Gasteiger partial charge in [-0.05, 0) is 44.7 Å². The van der Waals surface area contributed by atoms with Crippen molar-refractivity contribution in [1.29, 1.82) is 0 Å². The lowest BCUT2D eigenvalue weighted by Gasteiger charge is -2.32. The van der Waals surface area contributed by atoms with Crippen LogP contribution in [0.15, 0.2) is 24.1 Å². The van der Waals surface area contributed by atoms with Gasteiger partial charge in [0, 0.05) is 25.8 Å². The molecule has 0 aliphatic carbocycles. The Balaban J connectivity index is 1.96. The van der Waals surface area contributed by atoms with Gasteiger partial charge in [0.2, 0.25) is 0 Å². The first-order chi connectivity index (χ1) is 11.9. The number of likely N-dealkylation sites (tertiary alicyclic amines) is 1. The fraction of sp³-hybridized carbons (Fsp3) is 0.471. The molecule has 0 spiro atoms. The maximum absolute atomic E-state index is 12.1. The molecule has 1 aliphatic heterocycles. The summed E-state index contributed by atoms with van der Waals surface area (Å²) >= 11 is 5.89. The molecule has 1 aliphatic rings. The number of anilines is 1. The zero-order valence-corrected chi connectivity index (χ0v) is 15.2. The Morgan fingerprint density at radius 3 is 3.00 bits per heavy atom. The van der Waals surface area contributed by atoms with Crippen LogP contribution in [0.2, 0.25) is 5.15 Å². The van der Waals surface area contributed by atoms with E-state index in [1.54, 1.807) is 24.0 Å². The van der Waals surface area contributed by atoms with Crippen LogP contribution in [0, 0.1) is 5.92 Å². The molecule has 0 radical (unpaired) electrons. The molecule has 1 aromatic heterocycles. The number of nitrogens with zero attached hydrogens (tertiary/aromatic N) is 2. The predicted octanol–water partition coefficient (Wildman–Crippen LogP) is 3.02. The van der Waals surface area contributed by atoms with Crippen LogP contribution in [-0.2, 0) is 4.74 Å². The van der Waals surface area contributed by atoms with E-state index in [2.05, 4.69) is 10.3 Å². The van der Waals surface area contributed by atoms with E-state index in [1.165, 1.54) is 6.20 Å². The molecule has 25 heavy (non-hydrogen) atoms. The molecule has 1 saturated heterocycles. The number of carbonyl (C=O) groups excluding carboxylic acids is 2. The van der Waals surface area contributed by atoms with E-state index in [9.17, 15) is 9.59 Å². The second kappa shape index (κ2) is 8.71. The van der Waals surface area contributed by atoms with Gasteiger partial charge in [-0.1, -0.05) is 11.6 Å². The molecule has 2 heterocycles. The molecule has 7 nitrogen and oxygen atoms in total. The van der Waals surface area contributed by atoms with Gasteiger partial charge in [-0.3, -0.25) is 4.79 Å². The van der Waals surface area contributed by atoms with Crippen molar-refractivity contribution >= 4 is 29.3 Å². The minimum atomic E-state index is -0.567. The lowest BCUT2D eigenvalue weighted by Crippen LogP contribution is -2.42. The highest BCUT2D eigenvalue weighted by molar-refractivity contribution is 6.29. The Kier molecular flexibility index (Phi) is 6.64. The Morgan fingerprint density at radius 1 is 1.56 bits per heavy atom. The summed E-state index contributed by atoms with van der Waals surface area (Å²) in [6, 6.07) is 1.58. The van der Waals surface area contributed by atoms with Crippen LogP contribution in [0.1, 0.15) is 37.0 Å². The summed E-state index contributed by atoms with van der Waals surface area (Å²) in [6.45, 7) is 5.43. The van der Waals surface area contributed by atoms with Crippen molar-refractivity contribution in [1.82, 2.24) is 9.88 Å². The molecular formula is C17H23ClN4O3. The molecule has 8 heteroatoms. The van der Waals surface area contributed by atoms with Crippen molar-refractivity contribution in [2.75, 3.05) is 25.0 Å². The van der Waals surface area contributed by atoms with E-state index in [0.717, 1.165) is 12.8 Å². The van der Waals surface area contributed by atoms with E-state index >= 15 is 0 Å².